The van der Waals surface area contributed by atoms with Crippen LogP contribution in [0.4, 0.5) is 0 Å². The second-order valence-corrected chi connectivity index (χ2v) is 8.05. The number of aryl methyl sites for hydroxylation is 1. The lowest BCUT2D eigenvalue weighted by atomic mass is 10.4. The topological polar surface area (TPSA) is 79.3 Å². The van der Waals surface area contributed by atoms with Crippen molar-refractivity contribution < 1.29 is 14.7 Å². The zero-order valence-electron chi connectivity index (χ0n) is 10.1. The molecule has 0 fully saturated rings. The monoisotopic (exact) mass is 438 g/mol. The molecule has 9 heteroatoms. The lowest BCUT2D eigenvalue weighted by molar-refractivity contribution is 0.0701. The van der Waals surface area contributed by atoms with Gasteiger partial charge in [-0.2, -0.15) is 0 Å². The van der Waals surface area contributed by atoms with Gasteiger partial charge in [-0.05, 0) is 44.8 Å². The van der Waals surface area contributed by atoms with Gasteiger partial charge in [-0.25, -0.2) is 9.78 Å². The molecule has 0 atom stereocenters. The lowest BCUT2D eigenvalue weighted by Crippen LogP contribution is -2.21. The number of halogens is 2. The highest BCUT2D eigenvalue weighted by atomic mass is 79.9. The van der Waals surface area contributed by atoms with Gasteiger partial charge in [-0.1, -0.05) is 0 Å². The van der Waals surface area contributed by atoms with Crippen LogP contribution in [0.2, 0.25) is 0 Å². The number of nitrogens with zero attached hydrogens (tertiary/aromatic N) is 1. The molecule has 2 N–H and O–H groups in total. The molecule has 0 saturated heterocycles. The van der Waals surface area contributed by atoms with Crippen molar-refractivity contribution in [2.24, 2.45) is 0 Å². The van der Waals surface area contributed by atoms with Crippen molar-refractivity contribution in [1.29, 1.82) is 0 Å². The Morgan fingerprint density at radius 3 is 2.60 bits per heavy atom. The Balaban J connectivity index is 2.03. The Kier molecular flexibility index (Phi) is 4.95. The van der Waals surface area contributed by atoms with Crippen molar-refractivity contribution in [2.75, 3.05) is 0 Å². The molecule has 0 spiro atoms. The van der Waals surface area contributed by atoms with Crippen molar-refractivity contribution in [3.05, 3.63) is 34.8 Å². The Morgan fingerprint density at radius 1 is 1.40 bits per heavy atom. The normalized spacial score (nSPS) is 10.6. The highest BCUT2D eigenvalue weighted by molar-refractivity contribution is 9.13. The minimum atomic E-state index is -0.997. The van der Waals surface area contributed by atoms with E-state index in [0.717, 1.165) is 19.6 Å². The number of carboxylic acids is 1. The number of aromatic carboxylic acids is 1. The van der Waals surface area contributed by atoms with Gasteiger partial charge in [-0.15, -0.1) is 22.7 Å². The fourth-order valence-corrected chi connectivity index (χ4v) is 4.22. The summed E-state index contributed by atoms with van der Waals surface area (Å²) in [6.07, 6.45) is 0. The molecule has 106 valence electrons. The fourth-order valence-electron chi connectivity index (χ4n) is 1.43. The van der Waals surface area contributed by atoms with E-state index in [0.29, 0.717) is 15.6 Å². The van der Waals surface area contributed by atoms with Crippen LogP contribution >= 0.6 is 54.5 Å². The van der Waals surface area contributed by atoms with Crippen LogP contribution in [-0.4, -0.2) is 22.0 Å². The molecule has 0 aliphatic carbocycles. The van der Waals surface area contributed by atoms with Gasteiger partial charge in [0.05, 0.1) is 20.9 Å². The average Bonchev–Trinajstić information content (AvgIpc) is 2.91. The number of carbonyl (C=O) groups is 2. The highest BCUT2D eigenvalue weighted by Crippen LogP contribution is 2.32. The lowest BCUT2D eigenvalue weighted by Gasteiger charge is -1.99. The Hall–Kier alpha value is -0.770. The largest absolute Gasteiger partial charge is 0.477 e. The molecule has 5 nitrogen and oxygen atoms in total. The molecule has 2 heterocycles. The Labute approximate surface area is 139 Å². The molecule has 0 unspecified atom stereocenters. The number of thiophene rings is 1. The summed E-state index contributed by atoms with van der Waals surface area (Å²) >= 11 is 9.03. The molecule has 0 saturated carbocycles. The second kappa shape index (κ2) is 6.33. The summed E-state index contributed by atoms with van der Waals surface area (Å²) in [5, 5.41) is 12.2. The van der Waals surface area contributed by atoms with E-state index in [1.54, 1.807) is 13.0 Å². The molecule has 2 aromatic heterocycles. The van der Waals surface area contributed by atoms with Gasteiger partial charge in [0.25, 0.3) is 5.91 Å². The zero-order chi connectivity index (χ0) is 14.9. The SMILES string of the molecule is Cc1nc(CNC(=O)c2cc(Br)c(Br)s2)sc1C(=O)O. The first-order chi connectivity index (χ1) is 9.38. The number of aromatic nitrogens is 1. The maximum Gasteiger partial charge on any atom is 0.347 e. The minimum absolute atomic E-state index is 0.205. The number of hydrogen-bond acceptors (Lipinski definition) is 5. The van der Waals surface area contributed by atoms with Gasteiger partial charge in [0.2, 0.25) is 0 Å². The van der Waals surface area contributed by atoms with E-state index in [1.807, 2.05) is 0 Å². The summed E-state index contributed by atoms with van der Waals surface area (Å²) in [7, 11) is 0. The summed E-state index contributed by atoms with van der Waals surface area (Å²) in [6.45, 7) is 1.85. The molecule has 1 amide bonds. The van der Waals surface area contributed by atoms with Crippen LogP contribution in [0.1, 0.15) is 30.0 Å². The third-order valence-electron chi connectivity index (χ3n) is 2.30. The van der Waals surface area contributed by atoms with Gasteiger partial charge >= 0.3 is 5.97 Å². The van der Waals surface area contributed by atoms with Crippen LogP contribution in [0.5, 0.6) is 0 Å². The molecule has 0 bridgehead atoms. The van der Waals surface area contributed by atoms with Crippen LogP contribution in [0.25, 0.3) is 0 Å². The van der Waals surface area contributed by atoms with Crippen LogP contribution in [-0.2, 0) is 6.54 Å². The molecule has 0 aliphatic heterocycles. The summed E-state index contributed by atoms with van der Waals surface area (Å²) in [5.74, 6) is -1.21. The van der Waals surface area contributed by atoms with Crippen LogP contribution < -0.4 is 5.32 Å². The zero-order valence-corrected chi connectivity index (χ0v) is 14.9. The number of carbonyl (C=O) groups excluding carboxylic acids is 1. The molecule has 20 heavy (non-hydrogen) atoms. The Morgan fingerprint density at radius 2 is 2.10 bits per heavy atom. The fraction of sp³-hybridized carbons (Fsp3) is 0.182. The van der Waals surface area contributed by atoms with E-state index in [-0.39, 0.29) is 17.3 Å². The number of carboxylic acid groups (broad SMARTS) is 1. The van der Waals surface area contributed by atoms with E-state index < -0.39 is 5.97 Å². The van der Waals surface area contributed by atoms with Crippen molar-refractivity contribution in [3.8, 4) is 0 Å². The summed E-state index contributed by atoms with van der Waals surface area (Å²) in [4.78, 5) is 27.7. The molecule has 0 aliphatic rings. The maximum absolute atomic E-state index is 11.9. The van der Waals surface area contributed by atoms with Crippen molar-refractivity contribution in [3.63, 3.8) is 0 Å². The first-order valence-electron chi connectivity index (χ1n) is 5.31. The molecular weight excluding hydrogens is 432 g/mol. The molecule has 2 rings (SSSR count). The molecular formula is C11H8Br2N2O3S2. The predicted octanol–water partition coefficient (Wildman–Crippen LogP) is 3.67. The first kappa shape index (κ1) is 15.6. The third-order valence-corrected chi connectivity index (χ3v) is 6.70. The summed E-state index contributed by atoms with van der Waals surface area (Å²) < 4.78 is 1.67. The van der Waals surface area contributed by atoms with Crippen LogP contribution in [0.15, 0.2) is 14.3 Å². The number of thiazole rings is 1. The average molecular weight is 440 g/mol. The standard InChI is InChI=1S/C11H8Br2N2O3S2/c1-4-8(11(17)18)20-7(15-4)3-14-10(16)6-2-5(12)9(13)19-6/h2H,3H2,1H3,(H,14,16)(H,17,18). The van der Waals surface area contributed by atoms with E-state index in [1.165, 1.54) is 11.3 Å². The highest BCUT2D eigenvalue weighted by Gasteiger charge is 2.16. The maximum atomic E-state index is 11.9. The third kappa shape index (κ3) is 3.46. The van der Waals surface area contributed by atoms with Crippen molar-refractivity contribution in [2.45, 2.75) is 13.5 Å². The van der Waals surface area contributed by atoms with E-state index in [9.17, 15) is 9.59 Å². The second-order valence-electron chi connectivity index (χ2n) is 3.74. The van der Waals surface area contributed by atoms with Gasteiger partial charge in [0, 0.05) is 4.47 Å². The van der Waals surface area contributed by atoms with Crippen LogP contribution in [0, 0.1) is 6.92 Å². The van der Waals surface area contributed by atoms with Gasteiger partial charge in [0.15, 0.2) is 0 Å². The quantitative estimate of drug-likeness (QED) is 0.761. The van der Waals surface area contributed by atoms with E-state index in [4.69, 9.17) is 5.11 Å². The van der Waals surface area contributed by atoms with Crippen molar-refractivity contribution >= 4 is 66.4 Å². The van der Waals surface area contributed by atoms with Gasteiger partial charge < -0.3 is 10.4 Å². The van der Waals surface area contributed by atoms with E-state index in [2.05, 4.69) is 42.2 Å². The van der Waals surface area contributed by atoms with Crippen LogP contribution in [0.3, 0.4) is 0 Å². The van der Waals surface area contributed by atoms with Crippen molar-refractivity contribution in [1.82, 2.24) is 10.3 Å². The minimum Gasteiger partial charge on any atom is -0.477 e. The van der Waals surface area contributed by atoms with Gasteiger partial charge in [0.1, 0.15) is 9.88 Å². The first-order valence-corrected chi connectivity index (χ1v) is 8.53. The number of amides is 1. The summed E-state index contributed by atoms with van der Waals surface area (Å²) in [6, 6.07) is 1.72. The summed E-state index contributed by atoms with van der Waals surface area (Å²) in [5.41, 5.74) is 0.466. The Bertz CT molecular complexity index is 662. The molecule has 0 radical (unpaired) electrons. The number of hydrogen-bond donors (Lipinski definition) is 2. The van der Waals surface area contributed by atoms with Gasteiger partial charge in [-0.3, -0.25) is 4.79 Å². The molecule has 2 aromatic rings. The van der Waals surface area contributed by atoms with E-state index >= 15 is 0 Å². The number of nitrogens with one attached hydrogen (secondary N) is 1. The molecule has 0 aromatic carbocycles. The predicted molar refractivity (Wildman–Crippen MR) is 84.7 cm³/mol. The number of rotatable bonds is 4. The smallest absolute Gasteiger partial charge is 0.347 e.